The van der Waals surface area contributed by atoms with Gasteiger partial charge in [0.05, 0.1) is 20.8 Å². The molecule has 152 valence electrons. The van der Waals surface area contributed by atoms with Gasteiger partial charge in [0.2, 0.25) is 6.79 Å². The number of benzene rings is 2. The van der Waals surface area contributed by atoms with Crippen molar-refractivity contribution in [1.82, 2.24) is 10.2 Å². The first kappa shape index (κ1) is 18.9. The number of hydrogen-bond donors (Lipinski definition) is 1. The highest BCUT2D eigenvalue weighted by Gasteiger charge is 2.48. The molecule has 2 aromatic carbocycles. The molecule has 2 aromatic rings. The zero-order chi connectivity index (χ0) is 20.6. The molecule has 1 N–H and O–H groups in total. The van der Waals surface area contributed by atoms with Gasteiger partial charge >= 0.3 is 6.03 Å². The summed E-state index contributed by atoms with van der Waals surface area (Å²) in [6.45, 7) is 1.99. The molecule has 0 radical (unpaired) electrons. The van der Waals surface area contributed by atoms with Crippen molar-refractivity contribution in [2.45, 2.75) is 25.4 Å². The van der Waals surface area contributed by atoms with Crippen molar-refractivity contribution < 1.29 is 28.5 Å². The fourth-order valence-electron chi connectivity index (χ4n) is 3.65. The number of carbonyl (C=O) groups excluding carboxylic acids is 2. The van der Waals surface area contributed by atoms with Gasteiger partial charge in [0.1, 0.15) is 17.0 Å². The van der Waals surface area contributed by atoms with Crippen molar-refractivity contribution in [1.29, 1.82) is 0 Å². The molecular weight excluding hydrogens is 376 g/mol. The van der Waals surface area contributed by atoms with Crippen LogP contribution in [0.3, 0.4) is 0 Å². The topological polar surface area (TPSA) is 86.3 Å². The molecule has 2 aliphatic heterocycles. The Hall–Kier alpha value is -3.42. The summed E-state index contributed by atoms with van der Waals surface area (Å²) in [5.41, 5.74) is 0.491. The molecule has 8 heteroatoms. The van der Waals surface area contributed by atoms with Crippen LogP contribution >= 0.6 is 0 Å². The molecule has 0 unspecified atom stereocenters. The SMILES string of the molecule is COc1ccc(OC)c(CN2C(=O)N[C@](C)(Cc3ccc4c(c3)OCO4)C2=O)c1. The number of rotatable bonds is 6. The largest absolute Gasteiger partial charge is 0.497 e. The van der Waals surface area contributed by atoms with Gasteiger partial charge in [-0.3, -0.25) is 9.69 Å². The van der Waals surface area contributed by atoms with E-state index < -0.39 is 11.6 Å². The Bertz CT molecular complexity index is 976. The molecule has 0 aliphatic carbocycles. The van der Waals surface area contributed by atoms with E-state index in [0.29, 0.717) is 35.0 Å². The van der Waals surface area contributed by atoms with Gasteiger partial charge in [0.15, 0.2) is 11.5 Å². The zero-order valence-electron chi connectivity index (χ0n) is 16.5. The van der Waals surface area contributed by atoms with Crippen molar-refractivity contribution in [3.05, 3.63) is 47.5 Å². The molecular formula is C21H22N2O6. The fraction of sp³-hybridized carbons (Fsp3) is 0.333. The first-order chi connectivity index (χ1) is 13.9. The number of nitrogens with zero attached hydrogens (tertiary/aromatic N) is 1. The minimum Gasteiger partial charge on any atom is -0.497 e. The Balaban J connectivity index is 1.55. The van der Waals surface area contributed by atoms with E-state index in [1.807, 2.05) is 12.1 Å². The number of carbonyl (C=O) groups is 2. The van der Waals surface area contributed by atoms with Crippen LogP contribution in [0.1, 0.15) is 18.1 Å². The van der Waals surface area contributed by atoms with Crippen LogP contribution in [0, 0.1) is 0 Å². The third-order valence-electron chi connectivity index (χ3n) is 5.16. The highest BCUT2D eigenvalue weighted by molar-refractivity contribution is 6.06. The number of imide groups is 1. The van der Waals surface area contributed by atoms with Crippen LogP contribution in [0.2, 0.25) is 0 Å². The first-order valence-corrected chi connectivity index (χ1v) is 9.17. The minimum atomic E-state index is -1.06. The van der Waals surface area contributed by atoms with Crippen LogP contribution in [-0.2, 0) is 17.8 Å². The van der Waals surface area contributed by atoms with Crippen LogP contribution in [0.4, 0.5) is 4.79 Å². The first-order valence-electron chi connectivity index (χ1n) is 9.17. The average Bonchev–Trinajstić information content (AvgIpc) is 3.25. The number of fused-ring (bicyclic) bond motifs is 1. The predicted octanol–water partition coefficient (Wildman–Crippen LogP) is 2.49. The third-order valence-corrected chi connectivity index (χ3v) is 5.16. The Morgan fingerprint density at radius 3 is 2.62 bits per heavy atom. The number of ether oxygens (including phenoxy) is 4. The summed E-state index contributed by atoms with van der Waals surface area (Å²) in [5.74, 6) is 2.21. The lowest BCUT2D eigenvalue weighted by Gasteiger charge is -2.22. The summed E-state index contributed by atoms with van der Waals surface area (Å²) < 4.78 is 21.3. The number of nitrogens with one attached hydrogen (secondary N) is 1. The van der Waals surface area contributed by atoms with Crippen molar-refractivity contribution in [2.24, 2.45) is 0 Å². The normalized spacial score (nSPS) is 20.0. The predicted molar refractivity (Wildman–Crippen MR) is 103 cm³/mol. The standard InChI is InChI=1S/C21H22N2O6/c1-21(10-13-4-6-17-18(8-13)29-12-28-17)19(24)23(20(25)22-21)11-14-9-15(26-2)5-7-16(14)27-3/h4-9H,10-12H2,1-3H3,(H,22,25)/t21-/m1/s1. The molecule has 0 bridgehead atoms. The lowest BCUT2D eigenvalue weighted by Crippen LogP contribution is -2.45. The van der Waals surface area contributed by atoms with E-state index in [1.54, 1.807) is 45.4 Å². The van der Waals surface area contributed by atoms with Gasteiger partial charge in [0, 0.05) is 12.0 Å². The molecule has 2 heterocycles. The van der Waals surface area contributed by atoms with E-state index in [9.17, 15) is 9.59 Å². The smallest absolute Gasteiger partial charge is 0.325 e. The molecule has 1 saturated heterocycles. The quantitative estimate of drug-likeness (QED) is 0.753. The fourth-order valence-corrected chi connectivity index (χ4v) is 3.65. The Morgan fingerprint density at radius 1 is 1.07 bits per heavy atom. The maximum atomic E-state index is 13.1. The van der Waals surface area contributed by atoms with E-state index in [1.165, 1.54) is 4.90 Å². The summed E-state index contributed by atoms with van der Waals surface area (Å²) in [7, 11) is 3.10. The van der Waals surface area contributed by atoms with Crippen LogP contribution < -0.4 is 24.3 Å². The second-order valence-corrected chi connectivity index (χ2v) is 7.20. The van der Waals surface area contributed by atoms with Gasteiger partial charge in [-0.25, -0.2) is 4.79 Å². The molecule has 1 atom stereocenters. The van der Waals surface area contributed by atoms with Crippen molar-refractivity contribution in [3.8, 4) is 23.0 Å². The maximum absolute atomic E-state index is 13.1. The van der Waals surface area contributed by atoms with E-state index in [0.717, 1.165) is 5.56 Å². The number of hydrogen-bond acceptors (Lipinski definition) is 6. The van der Waals surface area contributed by atoms with Crippen LogP contribution in [0.25, 0.3) is 0 Å². The summed E-state index contributed by atoms with van der Waals surface area (Å²) in [6, 6.07) is 10.3. The van der Waals surface area contributed by atoms with Crippen LogP contribution in [0.5, 0.6) is 23.0 Å². The Labute approximate surface area is 168 Å². The number of methoxy groups -OCH3 is 2. The average molecular weight is 398 g/mol. The number of urea groups is 1. The molecule has 29 heavy (non-hydrogen) atoms. The molecule has 4 rings (SSSR count). The Kier molecular flexibility index (Phi) is 4.70. The van der Waals surface area contributed by atoms with Gasteiger partial charge in [-0.1, -0.05) is 6.07 Å². The molecule has 0 spiro atoms. The highest BCUT2D eigenvalue weighted by Crippen LogP contribution is 2.35. The van der Waals surface area contributed by atoms with Crippen molar-refractivity contribution >= 4 is 11.9 Å². The molecule has 3 amide bonds. The van der Waals surface area contributed by atoms with Gasteiger partial charge in [-0.15, -0.1) is 0 Å². The summed E-state index contributed by atoms with van der Waals surface area (Å²) in [4.78, 5) is 27.0. The molecule has 2 aliphatic rings. The zero-order valence-corrected chi connectivity index (χ0v) is 16.5. The van der Waals surface area contributed by atoms with E-state index in [4.69, 9.17) is 18.9 Å². The molecule has 0 aromatic heterocycles. The number of amides is 3. The van der Waals surface area contributed by atoms with Crippen molar-refractivity contribution in [2.75, 3.05) is 21.0 Å². The molecule has 0 saturated carbocycles. The van der Waals surface area contributed by atoms with Gasteiger partial charge in [-0.2, -0.15) is 0 Å². The molecule has 1 fully saturated rings. The Morgan fingerprint density at radius 2 is 1.86 bits per heavy atom. The van der Waals surface area contributed by atoms with Crippen LogP contribution in [-0.4, -0.2) is 43.4 Å². The maximum Gasteiger partial charge on any atom is 0.325 e. The van der Waals surface area contributed by atoms with Crippen LogP contribution in [0.15, 0.2) is 36.4 Å². The second-order valence-electron chi connectivity index (χ2n) is 7.20. The summed E-state index contributed by atoms with van der Waals surface area (Å²) in [5, 5.41) is 2.83. The minimum absolute atomic E-state index is 0.0851. The molecule has 8 nitrogen and oxygen atoms in total. The second kappa shape index (κ2) is 7.20. The van der Waals surface area contributed by atoms with Gasteiger partial charge < -0.3 is 24.3 Å². The van der Waals surface area contributed by atoms with E-state index in [-0.39, 0.29) is 19.2 Å². The van der Waals surface area contributed by atoms with E-state index >= 15 is 0 Å². The summed E-state index contributed by atoms with van der Waals surface area (Å²) >= 11 is 0. The highest BCUT2D eigenvalue weighted by atomic mass is 16.7. The van der Waals surface area contributed by atoms with E-state index in [2.05, 4.69) is 5.32 Å². The van der Waals surface area contributed by atoms with Crippen molar-refractivity contribution in [3.63, 3.8) is 0 Å². The van der Waals surface area contributed by atoms with Gasteiger partial charge in [0.25, 0.3) is 5.91 Å². The lowest BCUT2D eigenvalue weighted by atomic mass is 9.92. The van der Waals surface area contributed by atoms with Gasteiger partial charge in [-0.05, 0) is 42.8 Å². The lowest BCUT2D eigenvalue weighted by molar-refractivity contribution is -0.131. The summed E-state index contributed by atoms with van der Waals surface area (Å²) in [6.07, 6.45) is 0.333. The third kappa shape index (κ3) is 3.41. The monoisotopic (exact) mass is 398 g/mol.